The maximum Gasteiger partial charge on any atom is 0.449 e. The van der Waals surface area contributed by atoms with Crippen LogP contribution in [0.15, 0.2) is 16.5 Å². The third-order valence-corrected chi connectivity index (χ3v) is 6.14. The minimum atomic E-state index is -4.47. The van der Waals surface area contributed by atoms with Gasteiger partial charge in [0.25, 0.3) is 0 Å². The Morgan fingerprint density at radius 2 is 1.75 bits per heavy atom. The van der Waals surface area contributed by atoms with E-state index in [1.165, 1.54) is 6.07 Å². The molecule has 1 aromatic rings. The lowest BCUT2D eigenvalue weighted by Gasteiger charge is -2.29. The van der Waals surface area contributed by atoms with Gasteiger partial charge in [0.15, 0.2) is 0 Å². The third-order valence-electron chi connectivity index (χ3n) is 6.14. The number of rotatable bonds is 5. The zero-order chi connectivity index (χ0) is 19.8. The largest absolute Gasteiger partial charge is 0.455 e. The van der Waals surface area contributed by atoms with Gasteiger partial charge in [-0.15, -0.1) is 0 Å². The average Bonchev–Trinajstić information content (AvgIpc) is 3.37. The molecular formula is C19H26F3N3O3. The molecule has 1 atom stereocenters. The maximum absolute atomic E-state index is 13.0. The second-order valence-electron chi connectivity index (χ2n) is 8.00. The van der Waals surface area contributed by atoms with Gasteiger partial charge in [0.1, 0.15) is 5.76 Å². The fourth-order valence-electron chi connectivity index (χ4n) is 4.50. The monoisotopic (exact) mass is 401 g/mol. The Hall–Kier alpha value is -1.58. The molecule has 28 heavy (non-hydrogen) atoms. The molecule has 4 heterocycles. The van der Waals surface area contributed by atoms with Crippen molar-refractivity contribution in [1.82, 2.24) is 14.7 Å². The molecule has 1 amide bonds. The van der Waals surface area contributed by atoms with E-state index in [4.69, 9.17) is 9.15 Å². The Balaban J connectivity index is 1.30. The van der Waals surface area contributed by atoms with Crippen LogP contribution in [0.2, 0.25) is 0 Å². The molecule has 1 spiro atoms. The summed E-state index contributed by atoms with van der Waals surface area (Å²) in [5.74, 6) is -0.486. The van der Waals surface area contributed by atoms with Crippen molar-refractivity contribution in [2.24, 2.45) is 5.41 Å². The number of carbonyl (C=O) groups is 1. The van der Waals surface area contributed by atoms with Gasteiger partial charge in [0, 0.05) is 39.3 Å². The lowest BCUT2D eigenvalue weighted by Crippen LogP contribution is -2.43. The molecule has 1 unspecified atom stereocenters. The van der Waals surface area contributed by atoms with Gasteiger partial charge in [-0.2, -0.15) is 13.2 Å². The van der Waals surface area contributed by atoms with E-state index in [1.54, 1.807) is 0 Å². The number of carbonyl (C=O) groups excluding carboxylic acids is 1. The fraction of sp³-hybridized carbons (Fsp3) is 0.737. The number of morpholine rings is 1. The Morgan fingerprint density at radius 3 is 2.46 bits per heavy atom. The number of nitrogens with zero attached hydrogens (tertiary/aromatic N) is 3. The molecule has 0 N–H and O–H groups in total. The second-order valence-corrected chi connectivity index (χ2v) is 8.00. The van der Waals surface area contributed by atoms with Crippen molar-refractivity contribution >= 4 is 5.91 Å². The molecule has 0 aromatic carbocycles. The van der Waals surface area contributed by atoms with Crippen LogP contribution in [0.5, 0.6) is 0 Å². The molecular weight excluding hydrogens is 375 g/mol. The van der Waals surface area contributed by atoms with Crippen LogP contribution in [0.1, 0.15) is 24.4 Å². The van der Waals surface area contributed by atoms with E-state index in [1.807, 2.05) is 9.80 Å². The van der Waals surface area contributed by atoms with E-state index in [0.717, 1.165) is 64.8 Å². The molecule has 3 aliphatic rings. The Kier molecular flexibility index (Phi) is 5.41. The molecule has 9 heteroatoms. The number of hydrogen-bond donors (Lipinski definition) is 0. The van der Waals surface area contributed by atoms with Crippen LogP contribution >= 0.6 is 0 Å². The van der Waals surface area contributed by atoms with E-state index in [-0.39, 0.29) is 11.3 Å². The minimum absolute atomic E-state index is 0.193. The fourth-order valence-corrected chi connectivity index (χ4v) is 4.50. The van der Waals surface area contributed by atoms with Gasteiger partial charge < -0.3 is 14.1 Å². The Labute approximate surface area is 162 Å². The molecule has 6 nitrogen and oxygen atoms in total. The van der Waals surface area contributed by atoms with Crippen LogP contribution in [0, 0.1) is 5.41 Å². The first kappa shape index (κ1) is 19.7. The molecule has 0 aliphatic carbocycles. The summed E-state index contributed by atoms with van der Waals surface area (Å²) in [7, 11) is 0. The van der Waals surface area contributed by atoms with E-state index in [0.29, 0.717) is 25.4 Å². The van der Waals surface area contributed by atoms with Crippen LogP contribution in [0.3, 0.4) is 0 Å². The highest BCUT2D eigenvalue weighted by atomic mass is 19.4. The predicted octanol–water partition coefficient (Wildman–Crippen LogP) is 2.05. The summed E-state index contributed by atoms with van der Waals surface area (Å²) in [6.07, 6.45) is -2.89. The van der Waals surface area contributed by atoms with Gasteiger partial charge in [-0.1, -0.05) is 0 Å². The van der Waals surface area contributed by atoms with E-state index >= 15 is 0 Å². The Bertz CT molecular complexity index is 702. The van der Waals surface area contributed by atoms with Crippen molar-refractivity contribution in [3.63, 3.8) is 0 Å². The summed E-state index contributed by atoms with van der Waals surface area (Å²) >= 11 is 0. The number of amides is 1. The normalized spacial score (nSPS) is 27.4. The lowest BCUT2D eigenvalue weighted by atomic mass is 9.85. The number of alkyl halides is 3. The summed E-state index contributed by atoms with van der Waals surface area (Å²) in [6.45, 7) is 7.25. The molecule has 0 saturated carbocycles. The Morgan fingerprint density at radius 1 is 1.00 bits per heavy atom. The number of furan rings is 1. The van der Waals surface area contributed by atoms with Crippen LogP contribution in [0.25, 0.3) is 0 Å². The first-order valence-corrected chi connectivity index (χ1v) is 9.83. The predicted molar refractivity (Wildman–Crippen MR) is 94.5 cm³/mol. The topological polar surface area (TPSA) is 49.2 Å². The third kappa shape index (κ3) is 4.06. The van der Waals surface area contributed by atoms with E-state index < -0.39 is 11.9 Å². The second kappa shape index (κ2) is 7.68. The lowest BCUT2D eigenvalue weighted by molar-refractivity contribution is -0.153. The number of hydrogen-bond acceptors (Lipinski definition) is 5. The summed E-state index contributed by atoms with van der Waals surface area (Å²) in [6, 6.07) is 2.34. The molecule has 156 valence electrons. The van der Waals surface area contributed by atoms with Crippen LogP contribution in [-0.4, -0.2) is 79.6 Å². The number of ether oxygens (including phenoxy) is 1. The number of halogens is 3. The quantitative estimate of drug-likeness (QED) is 0.756. The van der Waals surface area contributed by atoms with Gasteiger partial charge in [-0.25, -0.2) is 0 Å². The summed E-state index contributed by atoms with van der Waals surface area (Å²) in [4.78, 5) is 19.3. The standard InChI is InChI=1S/C19H26F3N3O3/c20-19(21,22)16-2-1-15(28-16)13-24-5-3-18(14-24)4-6-25(17(18)26)8-7-23-9-11-27-12-10-23/h1-2H,3-14H2. The van der Waals surface area contributed by atoms with Crippen molar-refractivity contribution in [1.29, 1.82) is 0 Å². The minimum Gasteiger partial charge on any atom is -0.455 e. The molecule has 3 saturated heterocycles. The van der Waals surface area contributed by atoms with Crippen molar-refractivity contribution < 1.29 is 27.1 Å². The summed E-state index contributed by atoms with van der Waals surface area (Å²) in [5.41, 5.74) is -0.384. The zero-order valence-electron chi connectivity index (χ0n) is 15.8. The van der Waals surface area contributed by atoms with Gasteiger partial charge in [-0.3, -0.25) is 14.6 Å². The summed E-state index contributed by atoms with van der Waals surface area (Å²) in [5, 5.41) is 0. The SMILES string of the molecule is O=C1N(CCN2CCOCC2)CCC12CCN(Cc1ccc(C(F)(F)F)o1)C2. The van der Waals surface area contributed by atoms with Crippen molar-refractivity contribution in [3.8, 4) is 0 Å². The van der Waals surface area contributed by atoms with Crippen LogP contribution in [-0.2, 0) is 22.3 Å². The smallest absolute Gasteiger partial charge is 0.449 e. The highest BCUT2D eigenvalue weighted by Crippen LogP contribution is 2.41. The van der Waals surface area contributed by atoms with Gasteiger partial charge in [-0.05, 0) is 31.5 Å². The van der Waals surface area contributed by atoms with Crippen molar-refractivity contribution in [2.45, 2.75) is 25.6 Å². The highest BCUT2D eigenvalue weighted by Gasteiger charge is 2.50. The van der Waals surface area contributed by atoms with Gasteiger partial charge >= 0.3 is 6.18 Å². The van der Waals surface area contributed by atoms with Crippen molar-refractivity contribution in [3.05, 3.63) is 23.7 Å². The molecule has 3 aliphatic heterocycles. The van der Waals surface area contributed by atoms with Crippen LogP contribution < -0.4 is 0 Å². The molecule has 0 bridgehead atoms. The first-order chi connectivity index (χ1) is 13.4. The van der Waals surface area contributed by atoms with Gasteiger partial charge in [0.05, 0.1) is 25.2 Å². The maximum atomic E-state index is 13.0. The van der Waals surface area contributed by atoms with Crippen molar-refractivity contribution in [2.75, 3.05) is 59.0 Å². The van der Waals surface area contributed by atoms with Gasteiger partial charge in [0.2, 0.25) is 11.7 Å². The van der Waals surface area contributed by atoms with E-state index in [2.05, 4.69) is 4.90 Å². The summed E-state index contributed by atoms with van der Waals surface area (Å²) < 4.78 is 48.4. The zero-order valence-corrected chi connectivity index (χ0v) is 15.8. The molecule has 1 aromatic heterocycles. The molecule has 4 rings (SSSR count). The van der Waals surface area contributed by atoms with E-state index in [9.17, 15) is 18.0 Å². The van der Waals surface area contributed by atoms with Crippen LogP contribution in [0.4, 0.5) is 13.2 Å². The highest BCUT2D eigenvalue weighted by molar-refractivity contribution is 5.85. The first-order valence-electron chi connectivity index (χ1n) is 9.83. The average molecular weight is 401 g/mol. The molecule has 3 fully saturated rings. The number of likely N-dealkylation sites (tertiary alicyclic amines) is 2. The molecule has 0 radical (unpaired) electrons.